The van der Waals surface area contributed by atoms with Crippen LogP contribution >= 0.6 is 0 Å². The Morgan fingerprint density at radius 1 is 1.47 bits per heavy atom. The van der Waals surface area contributed by atoms with Gasteiger partial charge in [-0.05, 0) is 19.3 Å². The van der Waals surface area contributed by atoms with Gasteiger partial charge in [-0.3, -0.25) is 9.20 Å². The van der Waals surface area contributed by atoms with Crippen molar-refractivity contribution in [3.8, 4) is 0 Å². The van der Waals surface area contributed by atoms with Crippen molar-refractivity contribution in [2.24, 2.45) is 4.99 Å². The average molecular weight is 259 g/mol. The van der Waals surface area contributed by atoms with Gasteiger partial charge >= 0.3 is 0 Å². The predicted molar refractivity (Wildman–Crippen MR) is 74.9 cm³/mol. The van der Waals surface area contributed by atoms with E-state index in [0.29, 0.717) is 11.3 Å². The molecule has 3 atom stereocenters. The van der Waals surface area contributed by atoms with E-state index in [1.807, 2.05) is 25.9 Å². The van der Waals surface area contributed by atoms with Gasteiger partial charge in [0.2, 0.25) is 0 Å². The molecule has 1 rings (SSSR count). The van der Waals surface area contributed by atoms with E-state index in [0.717, 1.165) is 31.0 Å². The van der Waals surface area contributed by atoms with E-state index in [-0.39, 0.29) is 0 Å². The molecular formula is C12H25N3OS. The molecule has 0 spiro atoms. The maximum Gasteiger partial charge on any atom is 0.193 e. The summed E-state index contributed by atoms with van der Waals surface area (Å²) < 4.78 is 11.8. The van der Waals surface area contributed by atoms with Crippen molar-refractivity contribution in [3.05, 3.63) is 0 Å². The molecule has 0 aliphatic heterocycles. The topological polar surface area (TPSA) is 44.7 Å². The molecule has 100 valence electrons. The molecule has 0 aromatic rings. The summed E-state index contributed by atoms with van der Waals surface area (Å²) in [5.74, 6) is 1.69. The largest absolute Gasteiger partial charge is 0.353 e. The van der Waals surface area contributed by atoms with Gasteiger partial charge in [0, 0.05) is 49.0 Å². The van der Waals surface area contributed by atoms with E-state index >= 15 is 0 Å². The van der Waals surface area contributed by atoms with Gasteiger partial charge in [-0.15, -0.1) is 0 Å². The number of aliphatic imine (C=N–C) groups is 1. The highest BCUT2D eigenvalue weighted by Crippen LogP contribution is 2.23. The summed E-state index contributed by atoms with van der Waals surface area (Å²) in [5.41, 5.74) is 0. The third kappa shape index (κ3) is 4.30. The molecule has 5 heteroatoms. The maximum atomic E-state index is 11.8. The van der Waals surface area contributed by atoms with Gasteiger partial charge in [-0.1, -0.05) is 13.3 Å². The number of hydrogen-bond acceptors (Lipinski definition) is 2. The number of hydrogen-bond donors (Lipinski definition) is 1. The lowest BCUT2D eigenvalue weighted by atomic mass is 9.95. The Balaban J connectivity index is 2.52. The van der Waals surface area contributed by atoms with Crippen LogP contribution in [0.4, 0.5) is 0 Å². The van der Waals surface area contributed by atoms with Crippen molar-refractivity contribution in [2.75, 3.05) is 26.9 Å². The molecule has 0 amide bonds. The minimum atomic E-state index is -0.655. The highest BCUT2D eigenvalue weighted by atomic mass is 32.2. The second-order valence-corrected chi connectivity index (χ2v) is 6.75. The molecule has 0 bridgehead atoms. The fraction of sp³-hybridized carbons (Fsp3) is 0.917. The van der Waals surface area contributed by atoms with Crippen LogP contribution in [-0.4, -0.2) is 53.3 Å². The average Bonchev–Trinajstić information content (AvgIpc) is 2.34. The van der Waals surface area contributed by atoms with Crippen LogP contribution in [0.1, 0.15) is 32.6 Å². The van der Waals surface area contributed by atoms with Crippen molar-refractivity contribution in [1.82, 2.24) is 10.2 Å². The molecular weight excluding hydrogens is 234 g/mol. The molecule has 1 aliphatic carbocycles. The molecule has 1 fully saturated rings. The summed E-state index contributed by atoms with van der Waals surface area (Å²) in [6.45, 7) is 2.01. The van der Waals surface area contributed by atoms with E-state index in [9.17, 15) is 4.21 Å². The lowest BCUT2D eigenvalue weighted by Gasteiger charge is -2.31. The van der Waals surface area contributed by atoms with Gasteiger partial charge in [-0.2, -0.15) is 0 Å². The van der Waals surface area contributed by atoms with Crippen LogP contribution in [0.3, 0.4) is 0 Å². The zero-order chi connectivity index (χ0) is 12.8. The van der Waals surface area contributed by atoms with Crippen LogP contribution in [0, 0.1) is 0 Å². The summed E-state index contributed by atoms with van der Waals surface area (Å²) in [5, 5.41) is 3.82. The van der Waals surface area contributed by atoms with E-state index in [1.165, 1.54) is 6.42 Å². The van der Waals surface area contributed by atoms with Gasteiger partial charge in [0.05, 0.1) is 0 Å². The van der Waals surface area contributed by atoms with Crippen molar-refractivity contribution < 1.29 is 4.21 Å². The molecule has 0 aromatic heterocycles. The molecule has 0 heterocycles. The van der Waals surface area contributed by atoms with Crippen molar-refractivity contribution in [1.29, 1.82) is 0 Å². The molecule has 1 saturated carbocycles. The van der Waals surface area contributed by atoms with E-state index in [2.05, 4.69) is 10.3 Å². The van der Waals surface area contributed by atoms with Gasteiger partial charge in [0.15, 0.2) is 5.96 Å². The lowest BCUT2D eigenvalue weighted by molar-refractivity contribution is 0.403. The Morgan fingerprint density at radius 3 is 2.71 bits per heavy atom. The third-order valence-corrected chi connectivity index (χ3v) is 4.99. The second-order valence-electron chi connectivity index (χ2n) is 4.74. The zero-order valence-corrected chi connectivity index (χ0v) is 12.2. The van der Waals surface area contributed by atoms with Crippen LogP contribution in [0.25, 0.3) is 0 Å². The van der Waals surface area contributed by atoms with Crippen LogP contribution < -0.4 is 5.32 Å². The molecule has 1 aliphatic rings. The predicted octanol–water partition coefficient (Wildman–Crippen LogP) is 1.20. The Morgan fingerprint density at radius 2 is 2.18 bits per heavy atom. The molecule has 4 nitrogen and oxygen atoms in total. The molecule has 0 radical (unpaired) electrons. The molecule has 3 unspecified atom stereocenters. The Labute approximate surface area is 107 Å². The minimum Gasteiger partial charge on any atom is -0.353 e. The summed E-state index contributed by atoms with van der Waals surface area (Å²) in [7, 11) is 5.12. The summed E-state index contributed by atoms with van der Waals surface area (Å²) in [6, 6.07) is 0.422. The van der Waals surface area contributed by atoms with Crippen LogP contribution in [0.2, 0.25) is 0 Å². The highest BCUT2D eigenvalue weighted by molar-refractivity contribution is 7.85. The molecule has 0 saturated heterocycles. The number of nitrogens with one attached hydrogen (secondary N) is 1. The van der Waals surface area contributed by atoms with Gasteiger partial charge in [-0.25, -0.2) is 0 Å². The first kappa shape index (κ1) is 14.5. The van der Waals surface area contributed by atoms with Crippen LogP contribution in [0.5, 0.6) is 0 Å². The smallest absolute Gasteiger partial charge is 0.193 e. The fourth-order valence-corrected chi connectivity index (χ4v) is 3.67. The fourth-order valence-electron chi connectivity index (χ4n) is 2.33. The van der Waals surface area contributed by atoms with Crippen molar-refractivity contribution in [2.45, 2.75) is 43.9 Å². The first-order valence-corrected chi connectivity index (χ1v) is 7.74. The Kier molecular flexibility index (Phi) is 5.95. The summed E-state index contributed by atoms with van der Waals surface area (Å²) in [4.78, 5) is 6.21. The van der Waals surface area contributed by atoms with Crippen LogP contribution in [-0.2, 0) is 10.8 Å². The first-order valence-electron chi connectivity index (χ1n) is 6.36. The Bertz CT molecular complexity index is 291. The third-order valence-electron chi connectivity index (χ3n) is 3.25. The van der Waals surface area contributed by atoms with E-state index < -0.39 is 10.8 Å². The van der Waals surface area contributed by atoms with E-state index in [1.54, 1.807) is 7.05 Å². The van der Waals surface area contributed by atoms with Crippen molar-refractivity contribution >= 4 is 16.8 Å². The highest BCUT2D eigenvalue weighted by Gasteiger charge is 2.26. The Hall–Kier alpha value is -0.580. The quantitative estimate of drug-likeness (QED) is 0.612. The van der Waals surface area contributed by atoms with Crippen molar-refractivity contribution in [3.63, 3.8) is 0 Å². The van der Waals surface area contributed by atoms with Crippen LogP contribution in [0.15, 0.2) is 4.99 Å². The van der Waals surface area contributed by atoms with E-state index in [4.69, 9.17) is 0 Å². The zero-order valence-electron chi connectivity index (χ0n) is 11.4. The molecule has 0 aromatic carbocycles. The molecule has 1 N–H and O–H groups in total. The molecule has 17 heavy (non-hydrogen) atoms. The normalized spacial score (nSPS) is 27.6. The lowest BCUT2D eigenvalue weighted by Crippen LogP contribution is -2.46. The van der Waals surface area contributed by atoms with Gasteiger partial charge < -0.3 is 10.2 Å². The van der Waals surface area contributed by atoms with Gasteiger partial charge in [0.25, 0.3) is 0 Å². The maximum absolute atomic E-state index is 11.8. The SMILES string of the molecule is CCS(=O)C1CCCC(NC(=NC)N(C)C)C1. The first-order chi connectivity index (χ1) is 8.08. The monoisotopic (exact) mass is 259 g/mol. The van der Waals surface area contributed by atoms with Gasteiger partial charge in [0.1, 0.15) is 0 Å². The summed E-state index contributed by atoms with van der Waals surface area (Å²) in [6.07, 6.45) is 4.44. The second kappa shape index (κ2) is 6.99. The standard InChI is InChI=1S/C12H25N3OS/c1-5-17(16)11-8-6-7-10(9-11)14-12(13-2)15(3)4/h10-11H,5-9H2,1-4H3,(H,13,14). The number of nitrogens with zero attached hydrogens (tertiary/aromatic N) is 2. The minimum absolute atomic E-state index is 0.367. The number of rotatable bonds is 3. The summed E-state index contributed by atoms with van der Waals surface area (Å²) >= 11 is 0. The number of guanidine groups is 1.